The van der Waals surface area contributed by atoms with Crippen molar-refractivity contribution in [1.29, 1.82) is 0 Å². The van der Waals surface area contributed by atoms with Crippen LogP contribution < -0.4 is 5.73 Å². The minimum Gasteiger partial charge on any atom is -0.397 e. The Kier molecular flexibility index (Phi) is 2.30. The monoisotopic (exact) mass is 241 g/mol. The molecule has 18 heavy (non-hydrogen) atoms. The Morgan fingerprint density at radius 1 is 1.22 bits per heavy atom. The summed E-state index contributed by atoms with van der Waals surface area (Å²) in [6, 6.07) is 10.5. The van der Waals surface area contributed by atoms with Gasteiger partial charge in [-0.1, -0.05) is 6.07 Å². The predicted molar refractivity (Wildman–Crippen MR) is 70.5 cm³/mol. The van der Waals surface area contributed by atoms with Gasteiger partial charge in [0.05, 0.1) is 28.8 Å². The van der Waals surface area contributed by atoms with Crippen LogP contribution in [0.25, 0.3) is 22.3 Å². The highest BCUT2D eigenvalue weighted by Crippen LogP contribution is 2.27. The number of pyridine rings is 1. The van der Waals surface area contributed by atoms with Crippen molar-refractivity contribution in [2.24, 2.45) is 7.05 Å². The van der Waals surface area contributed by atoms with E-state index in [9.17, 15) is 4.39 Å². The second-order valence-corrected chi connectivity index (χ2v) is 4.24. The van der Waals surface area contributed by atoms with E-state index in [0.717, 1.165) is 16.9 Å². The first-order valence-electron chi connectivity index (χ1n) is 5.62. The van der Waals surface area contributed by atoms with Crippen LogP contribution in [-0.4, -0.2) is 9.55 Å². The third-order valence-electron chi connectivity index (χ3n) is 3.08. The normalized spacial score (nSPS) is 11.0. The first kappa shape index (κ1) is 10.8. The molecule has 1 aromatic carbocycles. The van der Waals surface area contributed by atoms with E-state index < -0.39 is 0 Å². The zero-order valence-electron chi connectivity index (χ0n) is 9.89. The fourth-order valence-corrected chi connectivity index (χ4v) is 2.13. The molecule has 0 aliphatic heterocycles. The Hall–Kier alpha value is -2.36. The Morgan fingerprint density at radius 2 is 2.06 bits per heavy atom. The van der Waals surface area contributed by atoms with E-state index in [2.05, 4.69) is 4.98 Å². The van der Waals surface area contributed by atoms with Gasteiger partial charge in [-0.05, 0) is 30.3 Å². The van der Waals surface area contributed by atoms with Gasteiger partial charge in [0.2, 0.25) is 0 Å². The molecule has 2 heterocycles. The minimum atomic E-state index is -0.218. The molecule has 2 aromatic heterocycles. The molecule has 0 atom stereocenters. The van der Waals surface area contributed by atoms with E-state index >= 15 is 0 Å². The van der Waals surface area contributed by atoms with Gasteiger partial charge in [0.15, 0.2) is 0 Å². The van der Waals surface area contributed by atoms with E-state index in [-0.39, 0.29) is 5.82 Å². The molecule has 3 aromatic rings. The number of aromatic nitrogens is 2. The molecule has 0 aliphatic carbocycles. The van der Waals surface area contributed by atoms with Gasteiger partial charge in [-0.3, -0.25) is 4.98 Å². The van der Waals surface area contributed by atoms with Crippen LogP contribution in [0.1, 0.15) is 0 Å². The Labute approximate surface area is 104 Å². The van der Waals surface area contributed by atoms with Gasteiger partial charge in [0.25, 0.3) is 0 Å². The molecular formula is C14H12FN3. The van der Waals surface area contributed by atoms with Crippen LogP contribution in [0.15, 0.2) is 42.6 Å². The number of halogens is 1. The summed E-state index contributed by atoms with van der Waals surface area (Å²) in [7, 11) is 1.90. The second kappa shape index (κ2) is 3.84. The van der Waals surface area contributed by atoms with Crippen LogP contribution in [0.4, 0.5) is 10.1 Å². The number of anilines is 1. The van der Waals surface area contributed by atoms with E-state index in [0.29, 0.717) is 11.1 Å². The summed E-state index contributed by atoms with van der Waals surface area (Å²) in [5, 5.41) is 0.605. The van der Waals surface area contributed by atoms with Crippen molar-refractivity contribution in [3.63, 3.8) is 0 Å². The van der Waals surface area contributed by atoms with Crippen LogP contribution in [0.3, 0.4) is 0 Å². The molecule has 4 heteroatoms. The number of nitrogens with zero attached hydrogens (tertiary/aromatic N) is 2. The second-order valence-electron chi connectivity index (χ2n) is 4.24. The minimum absolute atomic E-state index is 0.218. The summed E-state index contributed by atoms with van der Waals surface area (Å²) in [6.07, 6.45) is 1.60. The molecule has 3 nitrogen and oxygen atoms in total. The lowest BCUT2D eigenvalue weighted by molar-refractivity contribution is 0.640. The SMILES string of the molecule is Cn1c(-c2ccc(N)cn2)cc2c(F)cccc21. The van der Waals surface area contributed by atoms with Crippen molar-refractivity contribution in [2.75, 3.05) is 5.73 Å². The average molecular weight is 241 g/mol. The molecule has 0 spiro atoms. The predicted octanol–water partition coefficient (Wildman–Crippen LogP) is 2.96. The summed E-state index contributed by atoms with van der Waals surface area (Å²) in [4.78, 5) is 4.27. The van der Waals surface area contributed by atoms with Gasteiger partial charge in [-0.2, -0.15) is 0 Å². The average Bonchev–Trinajstić information content (AvgIpc) is 2.70. The fraction of sp³-hybridized carbons (Fsp3) is 0.0714. The van der Waals surface area contributed by atoms with Crippen LogP contribution >= 0.6 is 0 Å². The maximum Gasteiger partial charge on any atom is 0.132 e. The van der Waals surface area contributed by atoms with Crippen molar-refractivity contribution in [1.82, 2.24) is 9.55 Å². The summed E-state index contributed by atoms with van der Waals surface area (Å²) >= 11 is 0. The lowest BCUT2D eigenvalue weighted by atomic mass is 10.2. The number of hydrogen-bond acceptors (Lipinski definition) is 2. The summed E-state index contributed by atoms with van der Waals surface area (Å²) in [5.74, 6) is -0.218. The lowest BCUT2D eigenvalue weighted by Crippen LogP contribution is -1.94. The number of nitrogen functional groups attached to an aromatic ring is 1. The van der Waals surface area contributed by atoms with Gasteiger partial charge in [0, 0.05) is 12.4 Å². The van der Waals surface area contributed by atoms with Crippen LogP contribution in [0.2, 0.25) is 0 Å². The molecule has 0 amide bonds. The number of rotatable bonds is 1. The first-order chi connectivity index (χ1) is 8.66. The van der Waals surface area contributed by atoms with Gasteiger partial charge in [-0.25, -0.2) is 4.39 Å². The van der Waals surface area contributed by atoms with E-state index in [4.69, 9.17) is 5.73 Å². The number of fused-ring (bicyclic) bond motifs is 1. The summed E-state index contributed by atoms with van der Waals surface area (Å²) in [5.41, 5.74) is 8.73. The fourth-order valence-electron chi connectivity index (χ4n) is 2.13. The smallest absolute Gasteiger partial charge is 0.132 e. The highest BCUT2D eigenvalue weighted by Gasteiger charge is 2.11. The molecule has 0 unspecified atom stereocenters. The van der Waals surface area contributed by atoms with E-state index in [1.54, 1.807) is 18.3 Å². The Balaban J connectivity index is 2.27. The number of aryl methyl sites for hydroxylation is 1. The molecule has 0 bridgehead atoms. The zero-order valence-corrected chi connectivity index (χ0v) is 9.89. The maximum absolute atomic E-state index is 13.7. The van der Waals surface area contributed by atoms with Crippen molar-refractivity contribution in [2.45, 2.75) is 0 Å². The van der Waals surface area contributed by atoms with Gasteiger partial charge >= 0.3 is 0 Å². The topological polar surface area (TPSA) is 43.8 Å². The van der Waals surface area contributed by atoms with Crippen LogP contribution in [-0.2, 0) is 7.05 Å². The Bertz CT molecular complexity index is 714. The molecule has 0 fully saturated rings. The van der Waals surface area contributed by atoms with E-state index in [1.807, 2.05) is 29.8 Å². The molecule has 90 valence electrons. The van der Waals surface area contributed by atoms with Crippen molar-refractivity contribution in [3.8, 4) is 11.4 Å². The van der Waals surface area contributed by atoms with E-state index in [1.165, 1.54) is 6.07 Å². The van der Waals surface area contributed by atoms with Crippen molar-refractivity contribution in [3.05, 3.63) is 48.4 Å². The molecule has 0 saturated carbocycles. The maximum atomic E-state index is 13.7. The Morgan fingerprint density at radius 3 is 2.72 bits per heavy atom. The lowest BCUT2D eigenvalue weighted by Gasteiger charge is -2.03. The van der Waals surface area contributed by atoms with Crippen molar-refractivity contribution >= 4 is 16.6 Å². The molecule has 0 radical (unpaired) electrons. The highest BCUT2D eigenvalue weighted by atomic mass is 19.1. The molecule has 2 N–H and O–H groups in total. The molecular weight excluding hydrogens is 229 g/mol. The summed E-state index contributed by atoms with van der Waals surface area (Å²) in [6.45, 7) is 0. The third-order valence-corrected chi connectivity index (χ3v) is 3.08. The van der Waals surface area contributed by atoms with Crippen molar-refractivity contribution < 1.29 is 4.39 Å². The highest BCUT2D eigenvalue weighted by molar-refractivity contribution is 5.86. The van der Waals surface area contributed by atoms with Crippen LogP contribution in [0.5, 0.6) is 0 Å². The number of nitrogens with two attached hydrogens (primary N) is 1. The van der Waals surface area contributed by atoms with Crippen LogP contribution in [0, 0.1) is 5.82 Å². The van der Waals surface area contributed by atoms with Gasteiger partial charge < -0.3 is 10.3 Å². The molecule has 0 aliphatic rings. The first-order valence-corrected chi connectivity index (χ1v) is 5.62. The quantitative estimate of drug-likeness (QED) is 0.711. The number of hydrogen-bond donors (Lipinski definition) is 1. The standard InChI is InChI=1S/C14H12FN3/c1-18-13-4-2-3-11(15)10(13)7-14(18)12-6-5-9(16)8-17-12/h2-8H,16H2,1H3. The zero-order chi connectivity index (χ0) is 12.7. The largest absolute Gasteiger partial charge is 0.397 e. The summed E-state index contributed by atoms with van der Waals surface area (Å²) < 4.78 is 15.6. The van der Waals surface area contributed by atoms with Gasteiger partial charge in [-0.15, -0.1) is 0 Å². The van der Waals surface area contributed by atoms with Gasteiger partial charge in [0.1, 0.15) is 5.82 Å². The molecule has 3 rings (SSSR count). The third kappa shape index (κ3) is 1.54. The molecule has 0 saturated heterocycles. The number of benzene rings is 1.